The molecule has 2 N–H and O–H groups in total. The summed E-state index contributed by atoms with van der Waals surface area (Å²) in [6, 6.07) is 3.83. The predicted molar refractivity (Wildman–Crippen MR) is 78.3 cm³/mol. The highest BCUT2D eigenvalue weighted by Gasteiger charge is 2.36. The molecule has 1 amide bonds. The smallest absolute Gasteiger partial charge is 0.234 e. The van der Waals surface area contributed by atoms with Gasteiger partial charge >= 0.3 is 0 Å². The number of aryl methyl sites for hydroxylation is 1. The first-order chi connectivity index (χ1) is 10.5. The van der Waals surface area contributed by atoms with Gasteiger partial charge in [0.25, 0.3) is 0 Å². The zero-order valence-corrected chi connectivity index (χ0v) is 12.3. The molecular formula is C15H18F2N4O. The quantitative estimate of drug-likeness (QED) is 0.933. The summed E-state index contributed by atoms with van der Waals surface area (Å²) < 4.78 is 28.9. The van der Waals surface area contributed by atoms with Gasteiger partial charge in [-0.15, -0.1) is 0 Å². The minimum atomic E-state index is -1.06. The van der Waals surface area contributed by atoms with Crippen molar-refractivity contribution in [3.63, 3.8) is 0 Å². The Morgan fingerprint density at radius 2 is 2.27 bits per heavy atom. The summed E-state index contributed by atoms with van der Waals surface area (Å²) in [7, 11) is 0. The van der Waals surface area contributed by atoms with Gasteiger partial charge in [0.1, 0.15) is 17.8 Å². The van der Waals surface area contributed by atoms with Crippen molar-refractivity contribution in [1.29, 1.82) is 0 Å². The zero-order valence-electron chi connectivity index (χ0n) is 12.3. The lowest BCUT2D eigenvalue weighted by atomic mass is 10.2. The molecule has 1 aromatic heterocycles. The van der Waals surface area contributed by atoms with Crippen molar-refractivity contribution in [3.8, 4) is 0 Å². The van der Waals surface area contributed by atoms with Crippen molar-refractivity contribution >= 4 is 16.9 Å². The molecule has 2 aromatic rings. The second-order valence-electron chi connectivity index (χ2n) is 5.59. The Labute approximate surface area is 126 Å². The molecule has 0 radical (unpaired) electrons. The molecule has 2 atom stereocenters. The Balaban J connectivity index is 1.94. The Morgan fingerprint density at radius 1 is 1.50 bits per heavy atom. The Morgan fingerprint density at radius 3 is 2.95 bits per heavy atom. The topological polar surface area (TPSA) is 64.2 Å². The number of likely N-dealkylation sites (tertiary alicyclic amines) is 1. The number of carbonyl (C=O) groups is 1. The zero-order chi connectivity index (χ0) is 15.9. The number of nitrogens with two attached hydrogens (primary N) is 1. The fourth-order valence-corrected chi connectivity index (χ4v) is 3.13. The van der Waals surface area contributed by atoms with E-state index >= 15 is 0 Å². The maximum atomic E-state index is 13.6. The van der Waals surface area contributed by atoms with Crippen LogP contribution in [0.25, 0.3) is 11.0 Å². The van der Waals surface area contributed by atoms with E-state index in [0.717, 1.165) is 5.52 Å². The van der Waals surface area contributed by atoms with Crippen molar-refractivity contribution in [2.75, 3.05) is 6.54 Å². The average molecular weight is 308 g/mol. The molecule has 0 aliphatic carbocycles. The number of imidazole rings is 1. The van der Waals surface area contributed by atoms with E-state index in [0.29, 0.717) is 24.4 Å². The van der Waals surface area contributed by atoms with E-state index in [1.54, 1.807) is 11.0 Å². The number of benzene rings is 1. The largest absolute Gasteiger partial charge is 0.368 e. The minimum Gasteiger partial charge on any atom is -0.368 e. The summed E-state index contributed by atoms with van der Waals surface area (Å²) in [6.45, 7) is 3.10. The molecule has 1 saturated heterocycles. The molecule has 0 spiro atoms. The second kappa shape index (κ2) is 5.64. The van der Waals surface area contributed by atoms with Gasteiger partial charge in [-0.2, -0.15) is 0 Å². The van der Waals surface area contributed by atoms with Crippen LogP contribution in [0.15, 0.2) is 18.2 Å². The van der Waals surface area contributed by atoms with Crippen LogP contribution in [0.5, 0.6) is 0 Å². The van der Waals surface area contributed by atoms with Crippen LogP contribution < -0.4 is 5.73 Å². The number of fused-ring (bicyclic) bond motifs is 1. The van der Waals surface area contributed by atoms with Crippen molar-refractivity contribution in [2.45, 2.75) is 38.6 Å². The third-order valence-electron chi connectivity index (χ3n) is 4.13. The number of amides is 1. The number of aromatic nitrogens is 2. The molecule has 3 rings (SSSR count). The number of hydrogen-bond acceptors (Lipinski definition) is 3. The van der Waals surface area contributed by atoms with Crippen LogP contribution >= 0.6 is 0 Å². The van der Waals surface area contributed by atoms with Crippen molar-refractivity contribution in [2.24, 2.45) is 5.73 Å². The van der Waals surface area contributed by atoms with Crippen LogP contribution in [-0.4, -0.2) is 39.1 Å². The van der Waals surface area contributed by atoms with Gasteiger partial charge in [0.05, 0.1) is 23.6 Å². The molecule has 0 saturated carbocycles. The molecule has 2 heterocycles. The number of nitrogens with zero attached hydrogens (tertiary/aromatic N) is 3. The van der Waals surface area contributed by atoms with E-state index in [1.165, 1.54) is 12.1 Å². The third-order valence-corrected chi connectivity index (χ3v) is 4.13. The van der Waals surface area contributed by atoms with E-state index < -0.39 is 18.1 Å². The lowest BCUT2D eigenvalue weighted by Gasteiger charge is -2.21. The van der Waals surface area contributed by atoms with E-state index in [4.69, 9.17) is 5.73 Å². The standard InChI is InChI=1S/C15H18F2N4O/c1-2-21-12-4-3-9(16)5-11(12)19-14(21)8-20-7-10(17)6-13(20)15(18)22/h3-5,10,13H,2,6-8H2,1H3,(H2,18,22)/t10-,13+/m1/s1. The highest BCUT2D eigenvalue weighted by molar-refractivity contribution is 5.80. The van der Waals surface area contributed by atoms with Crippen LogP contribution in [0.3, 0.4) is 0 Å². The molecule has 7 heteroatoms. The normalized spacial score (nSPS) is 22.5. The number of carbonyl (C=O) groups excluding carboxylic acids is 1. The number of hydrogen-bond donors (Lipinski definition) is 1. The Hall–Kier alpha value is -2.02. The fourth-order valence-electron chi connectivity index (χ4n) is 3.13. The summed E-state index contributed by atoms with van der Waals surface area (Å²) in [4.78, 5) is 17.6. The lowest BCUT2D eigenvalue weighted by Crippen LogP contribution is -2.40. The van der Waals surface area contributed by atoms with Gasteiger partial charge < -0.3 is 10.3 Å². The second-order valence-corrected chi connectivity index (χ2v) is 5.59. The molecule has 22 heavy (non-hydrogen) atoms. The number of primary amides is 1. The maximum Gasteiger partial charge on any atom is 0.234 e. The minimum absolute atomic E-state index is 0.121. The first kappa shape index (κ1) is 14.9. The number of alkyl halides is 1. The molecule has 1 aliphatic rings. The van der Waals surface area contributed by atoms with Crippen LogP contribution in [0.4, 0.5) is 8.78 Å². The van der Waals surface area contributed by atoms with Crippen molar-refractivity contribution in [1.82, 2.24) is 14.5 Å². The summed E-state index contributed by atoms with van der Waals surface area (Å²) in [5.74, 6) is -0.186. The summed E-state index contributed by atoms with van der Waals surface area (Å²) in [5, 5.41) is 0. The van der Waals surface area contributed by atoms with Crippen molar-refractivity contribution < 1.29 is 13.6 Å². The van der Waals surface area contributed by atoms with Crippen LogP contribution in [0.1, 0.15) is 19.2 Å². The molecule has 1 aromatic carbocycles. The predicted octanol–water partition coefficient (Wildman–Crippen LogP) is 1.59. The first-order valence-electron chi connectivity index (χ1n) is 7.31. The molecule has 1 aliphatic heterocycles. The molecule has 0 unspecified atom stereocenters. The summed E-state index contributed by atoms with van der Waals surface area (Å²) in [5.41, 5.74) is 6.73. The summed E-state index contributed by atoms with van der Waals surface area (Å²) in [6.07, 6.45) is -0.939. The van der Waals surface area contributed by atoms with Gasteiger partial charge in [-0.1, -0.05) is 0 Å². The maximum absolute atomic E-state index is 13.6. The van der Waals surface area contributed by atoms with E-state index in [2.05, 4.69) is 4.98 Å². The highest BCUT2D eigenvalue weighted by Crippen LogP contribution is 2.24. The van der Waals surface area contributed by atoms with Crippen molar-refractivity contribution in [3.05, 3.63) is 29.8 Å². The van der Waals surface area contributed by atoms with Crippen LogP contribution in [0.2, 0.25) is 0 Å². The Bertz CT molecular complexity index is 715. The van der Waals surface area contributed by atoms with Gasteiger partial charge in [-0.05, 0) is 19.1 Å². The molecular weight excluding hydrogens is 290 g/mol. The van der Waals surface area contributed by atoms with Gasteiger partial charge in [0.2, 0.25) is 5.91 Å². The van der Waals surface area contributed by atoms with Crippen LogP contribution in [-0.2, 0) is 17.9 Å². The Kier molecular flexibility index (Phi) is 3.82. The van der Waals surface area contributed by atoms with Gasteiger partial charge in [0, 0.05) is 25.6 Å². The molecule has 118 valence electrons. The first-order valence-corrected chi connectivity index (χ1v) is 7.31. The lowest BCUT2D eigenvalue weighted by molar-refractivity contribution is -0.122. The van der Waals surface area contributed by atoms with Crippen LogP contribution in [0, 0.1) is 5.82 Å². The average Bonchev–Trinajstić information content (AvgIpc) is 2.98. The van der Waals surface area contributed by atoms with E-state index in [1.807, 2.05) is 11.5 Å². The number of rotatable bonds is 4. The highest BCUT2D eigenvalue weighted by atomic mass is 19.1. The fraction of sp³-hybridized carbons (Fsp3) is 0.467. The van der Waals surface area contributed by atoms with Gasteiger partial charge in [-0.25, -0.2) is 13.8 Å². The van der Waals surface area contributed by atoms with Gasteiger partial charge in [-0.3, -0.25) is 9.69 Å². The third kappa shape index (κ3) is 2.56. The summed E-state index contributed by atoms with van der Waals surface area (Å²) >= 11 is 0. The molecule has 1 fully saturated rings. The monoisotopic (exact) mass is 308 g/mol. The number of halogens is 2. The van der Waals surface area contributed by atoms with E-state index in [9.17, 15) is 13.6 Å². The van der Waals surface area contributed by atoms with E-state index in [-0.39, 0.29) is 18.8 Å². The SMILES string of the molecule is CCn1c(CN2C[C@H](F)C[C@H]2C(N)=O)nc2cc(F)ccc21. The van der Waals surface area contributed by atoms with Gasteiger partial charge in [0.15, 0.2) is 0 Å². The molecule has 5 nitrogen and oxygen atoms in total. The molecule has 0 bridgehead atoms.